The Morgan fingerprint density at radius 2 is 1.63 bits per heavy atom. The maximum Gasteiger partial charge on any atom is 0.253 e. The molecule has 0 radical (unpaired) electrons. The highest BCUT2D eigenvalue weighted by molar-refractivity contribution is 7.80. The van der Waals surface area contributed by atoms with Crippen molar-refractivity contribution in [1.82, 2.24) is 9.88 Å². The third-order valence-electron chi connectivity index (χ3n) is 6.17. The zero-order chi connectivity index (χ0) is 25.1. The average Bonchev–Trinajstić information content (AvgIpc) is 2.82. The Morgan fingerprint density at radius 1 is 0.914 bits per heavy atom. The molecule has 2 N–H and O–H groups in total. The van der Waals surface area contributed by atoms with Gasteiger partial charge in [0.25, 0.3) is 5.56 Å². The lowest BCUT2D eigenvalue weighted by Crippen LogP contribution is -2.35. The van der Waals surface area contributed by atoms with Gasteiger partial charge in [-0.3, -0.25) is 4.79 Å². The molecule has 1 heterocycles. The summed E-state index contributed by atoms with van der Waals surface area (Å²) >= 11 is 5.86. The van der Waals surface area contributed by atoms with Gasteiger partial charge in [-0.25, -0.2) is 0 Å². The van der Waals surface area contributed by atoms with Crippen molar-refractivity contribution in [3.63, 3.8) is 0 Å². The molecule has 0 aliphatic rings. The first-order valence-corrected chi connectivity index (χ1v) is 12.0. The van der Waals surface area contributed by atoms with E-state index in [0.717, 1.165) is 44.6 Å². The number of anilines is 1. The van der Waals surface area contributed by atoms with Crippen LogP contribution < -0.4 is 15.6 Å². The van der Waals surface area contributed by atoms with Gasteiger partial charge in [0.15, 0.2) is 5.11 Å². The predicted octanol–water partition coefficient (Wildman–Crippen LogP) is 6.17. The Hall–Kier alpha value is -3.64. The highest BCUT2D eigenvalue weighted by Gasteiger charge is 2.16. The van der Waals surface area contributed by atoms with E-state index in [-0.39, 0.29) is 5.56 Å². The van der Waals surface area contributed by atoms with Crippen molar-refractivity contribution in [2.24, 2.45) is 0 Å². The third-order valence-corrected chi connectivity index (χ3v) is 6.53. The van der Waals surface area contributed by atoms with Crippen molar-refractivity contribution in [3.8, 4) is 5.75 Å². The number of pyridine rings is 1. The number of thiocarbonyl (C=S) groups is 1. The van der Waals surface area contributed by atoms with Crippen LogP contribution in [-0.4, -0.2) is 22.1 Å². The number of hydrogen-bond donors (Lipinski definition) is 2. The summed E-state index contributed by atoms with van der Waals surface area (Å²) in [6, 6.07) is 20.3. The first kappa shape index (κ1) is 24.5. The van der Waals surface area contributed by atoms with Gasteiger partial charge >= 0.3 is 0 Å². The SMILES string of the molecule is COc1ccc(CN(Cc2cc3cc(C)cc(C)c3[nH]c2=O)C(=S)Nc2ccc(C)cc2C)cc1. The number of benzene rings is 3. The zero-order valence-electron chi connectivity index (χ0n) is 20.9. The molecule has 0 spiro atoms. The van der Waals surface area contributed by atoms with E-state index >= 15 is 0 Å². The number of nitrogens with one attached hydrogen (secondary N) is 2. The standard InChI is InChI=1S/C29H31N3O2S/c1-18-6-11-26(20(3)12-18)30-29(35)32(16-22-7-9-25(34-5)10-8-22)17-24-15-23-14-19(2)13-21(4)27(23)31-28(24)33/h6-15H,16-17H2,1-5H3,(H,30,35)(H,31,33). The maximum atomic E-state index is 13.1. The van der Waals surface area contributed by atoms with Crippen LogP contribution in [0.3, 0.4) is 0 Å². The summed E-state index contributed by atoms with van der Waals surface area (Å²) < 4.78 is 5.30. The second kappa shape index (κ2) is 10.3. The molecule has 4 aromatic rings. The molecule has 3 aromatic carbocycles. The van der Waals surface area contributed by atoms with Crippen LogP contribution in [0, 0.1) is 27.7 Å². The fraction of sp³-hybridized carbons (Fsp3) is 0.241. The Labute approximate surface area is 211 Å². The number of H-pyrrole nitrogens is 1. The first-order chi connectivity index (χ1) is 16.7. The van der Waals surface area contributed by atoms with Crippen LogP contribution in [0.4, 0.5) is 5.69 Å². The van der Waals surface area contributed by atoms with Gasteiger partial charge < -0.3 is 19.9 Å². The van der Waals surface area contributed by atoms with Gasteiger partial charge in [0.2, 0.25) is 0 Å². The van der Waals surface area contributed by atoms with Gasteiger partial charge in [0.05, 0.1) is 19.2 Å². The van der Waals surface area contributed by atoms with Crippen LogP contribution in [0.15, 0.2) is 65.5 Å². The van der Waals surface area contributed by atoms with E-state index < -0.39 is 0 Å². The van der Waals surface area contributed by atoms with Gasteiger partial charge in [0.1, 0.15) is 5.75 Å². The molecule has 6 heteroatoms. The number of nitrogens with zero attached hydrogens (tertiary/aromatic N) is 1. The molecular formula is C29H31N3O2S. The van der Waals surface area contributed by atoms with Crippen LogP contribution in [0.25, 0.3) is 10.9 Å². The smallest absolute Gasteiger partial charge is 0.253 e. The number of methoxy groups -OCH3 is 1. The molecule has 0 unspecified atom stereocenters. The molecule has 0 atom stereocenters. The Kier molecular flexibility index (Phi) is 7.22. The molecule has 0 aliphatic carbocycles. The Morgan fingerprint density at radius 3 is 2.31 bits per heavy atom. The lowest BCUT2D eigenvalue weighted by atomic mass is 10.0. The molecule has 0 saturated carbocycles. The van der Waals surface area contributed by atoms with Gasteiger partial charge in [0, 0.05) is 17.8 Å². The summed E-state index contributed by atoms with van der Waals surface area (Å²) in [7, 11) is 1.65. The molecular weight excluding hydrogens is 454 g/mol. The largest absolute Gasteiger partial charge is 0.497 e. The van der Waals surface area contributed by atoms with E-state index in [2.05, 4.69) is 55.3 Å². The van der Waals surface area contributed by atoms with Gasteiger partial charge in [-0.15, -0.1) is 0 Å². The highest BCUT2D eigenvalue weighted by atomic mass is 32.1. The van der Waals surface area contributed by atoms with Crippen molar-refractivity contribution < 1.29 is 4.74 Å². The number of aromatic amines is 1. The van der Waals surface area contributed by atoms with Crippen LogP contribution in [0.5, 0.6) is 5.75 Å². The molecule has 35 heavy (non-hydrogen) atoms. The van der Waals surface area contributed by atoms with Crippen LogP contribution >= 0.6 is 12.2 Å². The summed E-state index contributed by atoms with van der Waals surface area (Å²) in [6.45, 7) is 9.14. The quantitative estimate of drug-likeness (QED) is 0.320. The molecule has 5 nitrogen and oxygen atoms in total. The van der Waals surface area contributed by atoms with E-state index in [9.17, 15) is 4.79 Å². The van der Waals surface area contributed by atoms with Crippen molar-refractivity contribution in [3.05, 3.63) is 104 Å². The molecule has 0 bridgehead atoms. The number of rotatable bonds is 6. The molecule has 4 rings (SSSR count). The molecule has 0 saturated heterocycles. The van der Waals surface area contributed by atoms with Gasteiger partial charge in [-0.1, -0.05) is 41.5 Å². The number of aromatic nitrogens is 1. The molecule has 0 fully saturated rings. The average molecular weight is 486 g/mol. The summed E-state index contributed by atoms with van der Waals surface area (Å²) in [6.07, 6.45) is 0. The fourth-order valence-corrected chi connectivity index (χ4v) is 4.59. The van der Waals surface area contributed by atoms with E-state index in [1.807, 2.05) is 48.2 Å². The minimum Gasteiger partial charge on any atom is -0.497 e. The number of aryl methyl sites for hydroxylation is 4. The Bertz CT molecular complexity index is 1440. The fourth-order valence-electron chi connectivity index (χ4n) is 4.35. The predicted molar refractivity (Wildman–Crippen MR) is 148 cm³/mol. The van der Waals surface area contributed by atoms with Crippen molar-refractivity contribution in [2.75, 3.05) is 12.4 Å². The van der Waals surface area contributed by atoms with Crippen LogP contribution in [0.2, 0.25) is 0 Å². The van der Waals surface area contributed by atoms with Crippen molar-refractivity contribution in [2.45, 2.75) is 40.8 Å². The lowest BCUT2D eigenvalue weighted by Gasteiger charge is -2.27. The maximum absolute atomic E-state index is 13.1. The van der Waals surface area contributed by atoms with E-state index in [0.29, 0.717) is 23.8 Å². The monoisotopic (exact) mass is 485 g/mol. The first-order valence-electron chi connectivity index (χ1n) is 11.6. The molecule has 0 amide bonds. The molecule has 180 valence electrons. The second-order valence-electron chi connectivity index (χ2n) is 9.12. The van der Waals surface area contributed by atoms with E-state index in [4.69, 9.17) is 17.0 Å². The molecule has 0 aliphatic heterocycles. The van der Waals surface area contributed by atoms with Gasteiger partial charge in [-0.2, -0.15) is 0 Å². The summed E-state index contributed by atoms with van der Waals surface area (Å²) in [5, 5.41) is 4.98. The third kappa shape index (κ3) is 5.72. The number of hydrogen-bond acceptors (Lipinski definition) is 3. The minimum absolute atomic E-state index is 0.0986. The normalized spacial score (nSPS) is 10.9. The van der Waals surface area contributed by atoms with Crippen molar-refractivity contribution in [1.29, 1.82) is 0 Å². The van der Waals surface area contributed by atoms with Crippen LogP contribution in [0.1, 0.15) is 33.4 Å². The van der Waals surface area contributed by atoms with E-state index in [1.54, 1.807) is 7.11 Å². The topological polar surface area (TPSA) is 57.4 Å². The summed E-state index contributed by atoms with van der Waals surface area (Å²) in [4.78, 5) is 18.2. The number of fused-ring (bicyclic) bond motifs is 1. The lowest BCUT2D eigenvalue weighted by molar-refractivity contribution is 0.406. The van der Waals surface area contributed by atoms with E-state index in [1.165, 1.54) is 5.56 Å². The number of ether oxygens (including phenoxy) is 1. The zero-order valence-corrected chi connectivity index (χ0v) is 21.7. The van der Waals surface area contributed by atoms with Crippen LogP contribution in [-0.2, 0) is 13.1 Å². The van der Waals surface area contributed by atoms with Gasteiger partial charge in [-0.05, 0) is 92.3 Å². The molecule has 1 aromatic heterocycles. The summed E-state index contributed by atoms with van der Waals surface area (Å²) in [5.41, 5.74) is 8.01. The Balaban J connectivity index is 1.68. The second-order valence-corrected chi connectivity index (χ2v) is 9.51. The minimum atomic E-state index is -0.0986. The highest BCUT2D eigenvalue weighted by Crippen LogP contribution is 2.21. The van der Waals surface area contributed by atoms with Crippen molar-refractivity contribution >= 4 is 33.9 Å². The summed E-state index contributed by atoms with van der Waals surface area (Å²) in [5.74, 6) is 0.799.